The van der Waals surface area contributed by atoms with Crippen LogP contribution < -0.4 is 5.73 Å². The normalized spacial score (nSPS) is 14.9. The summed E-state index contributed by atoms with van der Waals surface area (Å²) in [5.74, 6) is 0. The summed E-state index contributed by atoms with van der Waals surface area (Å²) in [5.41, 5.74) is 8.94. The van der Waals surface area contributed by atoms with Crippen LogP contribution in [-0.2, 0) is 0 Å². The number of rotatable bonds is 6. The Morgan fingerprint density at radius 1 is 1.06 bits per heavy atom. The first-order chi connectivity index (χ1) is 8.13. The van der Waals surface area contributed by atoms with Crippen LogP contribution in [0.2, 0.25) is 0 Å². The molecule has 1 rings (SSSR count). The van der Waals surface area contributed by atoms with E-state index in [1.54, 1.807) is 0 Å². The fraction of sp³-hybridized carbons (Fsp3) is 0.600. The van der Waals surface area contributed by atoms with Crippen molar-refractivity contribution in [3.8, 4) is 0 Å². The quantitative estimate of drug-likeness (QED) is 0.819. The standard InChI is InChI=1S/C15H26N2/c1-5-14(16)15(17(6-2)7-3)13-10-8-12(4)9-11-13/h8-11,14-15H,5-7,16H2,1-4H3. The lowest BCUT2D eigenvalue weighted by molar-refractivity contribution is 0.187. The summed E-state index contributed by atoms with van der Waals surface area (Å²) in [6, 6.07) is 9.33. The van der Waals surface area contributed by atoms with Gasteiger partial charge in [0.25, 0.3) is 0 Å². The highest BCUT2D eigenvalue weighted by molar-refractivity contribution is 5.25. The highest BCUT2D eigenvalue weighted by Crippen LogP contribution is 2.25. The number of benzene rings is 1. The summed E-state index contributed by atoms with van der Waals surface area (Å²) in [7, 11) is 0. The Hall–Kier alpha value is -0.860. The smallest absolute Gasteiger partial charge is 0.0498 e. The fourth-order valence-electron chi connectivity index (χ4n) is 2.33. The number of nitrogens with two attached hydrogens (primary N) is 1. The molecule has 0 amide bonds. The lowest BCUT2D eigenvalue weighted by atomic mass is 9.95. The highest BCUT2D eigenvalue weighted by atomic mass is 15.2. The Balaban J connectivity index is 3.00. The van der Waals surface area contributed by atoms with Crippen LogP contribution in [0.4, 0.5) is 0 Å². The van der Waals surface area contributed by atoms with E-state index in [2.05, 4.69) is 56.9 Å². The molecule has 2 N–H and O–H groups in total. The van der Waals surface area contributed by atoms with Crippen LogP contribution >= 0.6 is 0 Å². The van der Waals surface area contributed by atoms with Gasteiger partial charge in [-0.3, -0.25) is 4.90 Å². The van der Waals surface area contributed by atoms with Crippen molar-refractivity contribution < 1.29 is 0 Å². The SMILES string of the molecule is CCC(N)C(c1ccc(C)cc1)N(CC)CC. The third-order valence-corrected chi connectivity index (χ3v) is 3.50. The first kappa shape index (κ1) is 14.2. The lowest BCUT2D eigenvalue weighted by Crippen LogP contribution is -2.40. The Kier molecular flexibility index (Phi) is 5.66. The van der Waals surface area contributed by atoms with E-state index in [9.17, 15) is 0 Å². The number of nitrogens with zero attached hydrogens (tertiary/aromatic N) is 1. The van der Waals surface area contributed by atoms with E-state index in [-0.39, 0.29) is 6.04 Å². The van der Waals surface area contributed by atoms with E-state index in [0.717, 1.165) is 19.5 Å². The Labute approximate surface area is 106 Å². The molecule has 0 spiro atoms. The van der Waals surface area contributed by atoms with E-state index in [4.69, 9.17) is 5.73 Å². The van der Waals surface area contributed by atoms with Gasteiger partial charge in [-0.25, -0.2) is 0 Å². The van der Waals surface area contributed by atoms with Crippen LogP contribution in [0.1, 0.15) is 44.4 Å². The number of hydrogen-bond donors (Lipinski definition) is 1. The van der Waals surface area contributed by atoms with E-state index in [0.29, 0.717) is 6.04 Å². The molecule has 0 aliphatic rings. The monoisotopic (exact) mass is 234 g/mol. The predicted octanol–water partition coefficient (Wildman–Crippen LogP) is 3.12. The third kappa shape index (κ3) is 3.55. The molecule has 1 aromatic rings. The van der Waals surface area contributed by atoms with Gasteiger partial charge >= 0.3 is 0 Å². The van der Waals surface area contributed by atoms with E-state index < -0.39 is 0 Å². The van der Waals surface area contributed by atoms with Crippen LogP contribution in [-0.4, -0.2) is 24.0 Å². The number of aryl methyl sites for hydroxylation is 1. The summed E-state index contributed by atoms with van der Waals surface area (Å²) in [4.78, 5) is 2.44. The van der Waals surface area contributed by atoms with Crippen molar-refractivity contribution in [1.29, 1.82) is 0 Å². The summed E-state index contributed by atoms with van der Waals surface area (Å²) in [5, 5.41) is 0. The van der Waals surface area contributed by atoms with Crippen LogP contribution in [0.25, 0.3) is 0 Å². The molecule has 0 saturated carbocycles. The molecule has 0 aliphatic heterocycles. The molecule has 2 unspecified atom stereocenters. The average Bonchev–Trinajstić information content (AvgIpc) is 2.36. The van der Waals surface area contributed by atoms with Gasteiger partial charge in [0.2, 0.25) is 0 Å². The van der Waals surface area contributed by atoms with Gasteiger partial charge in [-0.05, 0) is 32.0 Å². The summed E-state index contributed by atoms with van der Waals surface area (Å²) in [6.07, 6.45) is 1.01. The second-order valence-electron chi connectivity index (χ2n) is 4.65. The van der Waals surface area contributed by atoms with Gasteiger partial charge in [-0.2, -0.15) is 0 Å². The zero-order valence-electron chi connectivity index (χ0n) is 11.6. The zero-order valence-corrected chi connectivity index (χ0v) is 11.6. The van der Waals surface area contributed by atoms with Crippen molar-refractivity contribution in [3.05, 3.63) is 35.4 Å². The molecule has 0 aromatic heterocycles. The highest BCUT2D eigenvalue weighted by Gasteiger charge is 2.23. The maximum Gasteiger partial charge on any atom is 0.0498 e. The van der Waals surface area contributed by atoms with Gasteiger partial charge < -0.3 is 5.73 Å². The minimum atomic E-state index is 0.206. The van der Waals surface area contributed by atoms with Crippen LogP contribution in [0.15, 0.2) is 24.3 Å². The van der Waals surface area contributed by atoms with Crippen molar-refractivity contribution >= 4 is 0 Å². The minimum absolute atomic E-state index is 0.206. The summed E-state index contributed by atoms with van der Waals surface area (Å²) < 4.78 is 0. The third-order valence-electron chi connectivity index (χ3n) is 3.50. The molecule has 2 atom stereocenters. The van der Waals surface area contributed by atoms with Gasteiger partial charge in [0.05, 0.1) is 0 Å². The Morgan fingerprint density at radius 2 is 1.59 bits per heavy atom. The van der Waals surface area contributed by atoms with Crippen molar-refractivity contribution in [2.75, 3.05) is 13.1 Å². The second-order valence-corrected chi connectivity index (χ2v) is 4.65. The molecule has 0 radical (unpaired) electrons. The van der Waals surface area contributed by atoms with Crippen LogP contribution in [0.5, 0.6) is 0 Å². The molecule has 2 heteroatoms. The molecule has 0 bridgehead atoms. The minimum Gasteiger partial charge on any atom is -0.326 e. The number of likely N-dealkylation sites (N-methyl/N-ethyl adjacent to an activating group) is 1. The molecule has 96 valence electrons. The van der Waals surface area contributed by atoms with Crippen molar-refractivity contribution in [1.82, 2.24) is 4.90 Å². The molecule has 2 nitrogen and oxygen atoms in total. The van der Waals surface area contributed by atoms with Crippen molar-refractivity contribution in [2.24, 2.45) is 5.73 Å². The lowest BCUT2D eigenvalue weighted by Gasteiger charge is -2.34. The van der Waals surface area contributed by atoms with Crippen molar-refractivity contribution in [2.45, 2.75) is 46.2 Å². The van der Waals surface area contributed by atoms with Gasteiger partial charge in [0, 0.05) is 12.1 Å². The van der Waals surface area contributed by atoms with Crippen LogP contribution in [0, 0.1) is 6.92 Å². The molecule has 0 saturated heterocycles. The van der Waals surface area contributed by atoms with Gasteiger partial charge in [-0.15, -0.1) is 0 Å². The van der Waals surface area contributed by atoms with Gasteiger partial charge in [-0.1, -0.05) is 50.6 Å². The summed E-state index contributed by atoms with van der Waals surface area (Å²) in [6.45, 7) is 10.8. The Bertz CT molecular complexity index is 314. The van der Waals surface area contributed by atoms with Crippen molar-refractivity contribution in [3.63, 3.8) is 0 Å². The number of hydrogen-bond acceptors (Lipinski definition) is 2. The molecular weight excluding hydrogens is 208 g/mol. The first-order valence-corrected chi connectivity index (χ1v) is 6.70. The topological polar surface area (TPSA) is 29.3 Å². The second kappa shape index (κ2) is 6.77. The van der Waals surface area contributed by atoms with E-state index in [1.807, 2.05) is 0 Å². The maximum atomic E-state index is 6.30. The average molecular weight is 234 g/mol. The Morgan fingerprint density at radius 3 is 2.00 bits per heavy atom. The zero-order chi connectivity index (χ0) is 12.8. The van der Waals surface area contributed by atoms with Gasteiger partial charge in [0.15, 0.2) is 0 Å². The fourth-order valence-corrected chi connectivity index (χ4v) is 2.33. The van der Waals surface area contributed by atoms with Crippen LogP contribution in [0.3, 0.4) is 0 Å². The molecule has 0 fully saturated rings. The largest absolute Gasteiger partial charge is 0.326 e. The molecular formula is C15H26N2. The first-order valence-electron chi connectivity index (χ1n) is 6.70. The van der Waals surface area contributed by atoms with Gasteiger partial charge in [0.1, 0.15) is 0 Å². The molecule has 0 heterocycles. The molecule has 1 aromatic carbocycles. The van der Waals surface area contributed by atoms with E-state index in [1.165, 1.54) is 11.1 Å². The summed E-state index contributed by atoms with van der Waals surface area (Å²) >= 11 is 0. The molecule has 17 heavy (non-hydrogen) atoms. The molecule has 0 aliphatic carbocycles. The maximum absolute atomic E-state index is 6.30. The van der Waals surface area contributed by atoms with E-state index >= 15 is 0 Å². The predicted molar refractivity (Wildman–Crippen MR) is 75.1 cm³/mol.